The first-order valence-corrected chi connectivity index (χ1v) is 9.56. The molecule has 1 aliphatic rings. The lowest BCUT2D eigenvalue weighted by molar-refractivity contribution is -0.136. The fourth-order valence-corrected chi connectivity index (χ4v) is 3.45. The van der Waals surface area contributed by atoms with Crippen molar-refractivity contribution >= 4 is 5.97 Å². The lowest BCUT2D eigenvalue weighted by Gasteiger charge is -2.22. The molecule has 3 nitrogen and oxygen atoms in total. The highest BCUT2D eigenvalue weighted by atomic mass is 16.5. The molecule has 0 atom stereocenters. The molecule has 2 aromatic carbocycles. The normalized spacial score (nSPS) is 14.5. The molecule has 0 bridgehead atoms. The molecule has 1 fully saturated rings. The average Bonchev–Trinajstić information content (AvgIpc) is 3.40. The summed E-state index contributed by atoms with van der Waals surface area (Å²) >= 11 is 0. The van der Waals surface area contributed by atoms with Gasteiger partial charge in [-0.15, -0.1) is 0 Å². The Kier molecular flexibility index (Phi) is 5.68. The number of benzene rings is 2. The van der Waals surface area contributed by atoms with E-state index in [2.05, 4.69) is 50.8 Å². The van der Waals surface area contributed by atoms with Crippen LogP contribution in [-0.4, -0.2) is 17.2 Å². The van der Waals surface area contributed by atoms with Crippen molar-refractivity contribution in [3.8, 4) is 11.8 Å². The minimum absolute atomic E-state index is 0.0369. The van der Waals surface area contributed by atoms with Gasteiger partial charge in [-0.3, -0.25) is 4.79 Å². The summed E-state index contributed by atoms with van der Waals surface area (Å²) in [6, 6.07) is 13.8. The van der Waals surface area contributed by atoms with Gasteiger partial charge in [-0.1, -0.05) is 37.0 Å². The lowest BCUT2D eigenvalue weighted by Crippen LogP contribution is -2.19. The van der Waals surface area contributed by atoms with E-state index in [1.807, 2.05) is 24.3 Å². The molecule has 0 unspecified atom stereocenters. The molecule has 3 heteroatoms. The molecule has 2 aromatic rings. The van der Waals surface area contributed by atoms with Gasteiger partial charge in [0.05, 0.1) is 18.1 Å². The van der Waals surface area contributed by atoms with Crippen LogP contribution in [0.3, 0.4) is 0 Å². The molecule has 0 aromatic heterocycles. The van der Waals surface area contributed by atoms with Crippen LogP contribution >= 0.6 is 0 Å². The zero-order valence-corrected chi connectivity index (χ0v) is 16.2. The molecular formula is C24H26O3. The Morgan fingerprint density at radius 3 is 2.30 bits per heavy atom. The summed E-state index contributed by atoms with van der Waals surface area (Å²) in [6.45, 7) is 6.35. The summed E-state index contributed by atoms with van der Waals surface area (Å²) in [6.07, 6.45) is 3.39. The van der Waals surface area contributed by atoms with Gasteiger partial charge in [-0.25, -0.2) is 0 Å². The van der Waals surface area contributed by atoms with Crippen molar-refractivity contribution < 1.29 is 14.6 Å². The predicted octanol–water partition coefficient (Wildman–Crippen LogP) is 4.69. The maximum absolute atomic E-state index is 10.7. The second-order valence-electron chi connectivity index (χ2n) is 7.40. The second kappa shape index (κ2) is 7.98. The summed E-state index contributed by atoms with van der Waals surface area (Å²) in [5, 5.41) is 8.83. The first kappa shape index (κ1) is 19.2. The van der Waals surface area contributed by atoms with Crippen molar-refractivity contribution in [3.63, 3.8) is 0 Å². The summed E-state index contributed by atoms with van der Waals surface area (Å²) in [5.74, 6) is 5.58. The van der Waals surface area contributed by atoms with Crippen molar-refractivity contribution in [1.29, 1.82) is 0 Å². The number of ether oxygens (including phenoxy) is 1. The fraction of sp³-hybridized carbons (Fsp3) is 0.375. The topological polar surface area (TPSA) is 46.5 Å². The molecule has 0 spiro atoms. The molecule has 0 saturated heterocycles. The minimum Gasteiger partial charge on any atom is -0.481 e. The van der Waals surface area contributed by atoms with Crippen LogP contribution in [0.4, 0.5) is 0 Å². The van der Waals surface area contributed by atoms with Gasteiger partial charge in [0.1, 0.15) is 0 Å². The van der Waals surface area contributed by atoms with Crippen LogP contribution in [0, 0.1) is 11.8 Å². The number of carbonyl (C=O) groups is 1. The highest BCUT2D eigenvalue weighted by Crippen LogP contribution is 2.51. The Morgan fingerprint density at radius 2 is 1.74 bits per heavy atom. The van der Waals surface area contributed by atoms with E-state index in [0.717, 1.165) is 36.0 Å². The zero-order valence-electron chi connectivity index (χ0n) is 16.2. The lowest BCUT2D eigenvalue weighted by atomic mass is 9.96. The van der Waals surface area contributed by atoms with E-state index in [9.17, 15) is 4.79 Å². The number of aryl methyl sites for hydroxylation is 1. The van der Waals surface area contributed by atoms with Crippen LogP contribution in [0.2, 0.25) is 0 Å². The molecule has 1 aliphatic carbocycles. The van der Waals surface area contributed by atoms with Gasteiger partial charge >= 0.3 is 5.97 Å². The van der Waals surface area contributed by atoms with Crippen molar-refractivity contribution in [3.05, 3.63) is 70.3 Å². The molecule has 0 amide bonds. The van der Waals surface area contributed by atoms with E-state index >= 15 is 0 Å². The Bertz CT molecular complexity index is 878. The molecule has 140 valence electrons. The number of hydrogen-bond acceptors (Lipinski definition) is 2. The quantitative estimate of drug-likeness (QED) is 0.758. The molecule has 1 saturated carbocycles. The number of carboxylic acid groups (broad SMARTS) is 1. The van der Waals surface area contributed by atoms with Gasteiger partial charge in [0.2, 0.25) is 0 Å². The molecule has 0 radical (unpaired) electrons. The van der Waals surface area contributed by atoms with Crippen LogP contribution in [0.5, 0.6) is 0 Å². The van der Waals surface area contributed by atoms with Gasteiger partial charge < -0.3 is 9.84 Å². The van der Waals surface area contributed by atoms with Gasteiger partial charge in [0.15, 0.2) is 0 Å². The van der Waals surface area contributed by atoms with E-state index < -0.39 is 5.97 Å². The van der Waals surface area contributed by atoms with Crippen LogP contribution in [0.1, 0.15) is 61.4 Å². The van der Waals surface area contributed by atoms with Crippen LogP contribution < -0.4 is 0 Å². The number of aliphatic carboxylic acids is 1. The molecule has 3 rings (SSSR count). The van der Waals surface area contributed by atoms with Crippen LogP contribution in [0.25, 0.3) is 0 Å². The summed E-state index contributed by atoms with van der Waals surface area (Å²) in [4.78, 5) is 10.7. The number of hydrogen-bond donors (Lipinski definition) is 1. The van der Waals surface area contributed by atoms with Gasteiger partial charge in [-0.05, 0) is 74.1 Å². The Hall–Kier alpha value is -2.57. The molecule has 0 aliphatic heterocycles. The number of rotatable bonds is 6. The zero-order chi connectivity index (χ0) is 19.4. The molecular weight excluding hydrogens is 336 g/mol. The van der Waals surface area contributed by atoms with Crippen LogP contribution in [-0.2, 0) is 28.0 Å². The second-order valence-corrected chi connectivity index (χ2v) is 7.40. The Labute approximate surface area is 161 Å². The monoisotopic (exact) mass is 362 g/mol. The van der Waals surface area contributed by atoms with Crippen molar-refractivity contribution in [2.24, 2.45) is 0 Å². The van der Waals surface area contributed by atoms with Gasteiger partial charge in [0, 0.05) is 11.1 Å². The summed E-state index contributed by atoms with van der Waals surface area (Å²) < 4.78 is 6.21. The van der Waals surface area contributed by atoms with Crippen molar-refractivity contribution in [2.75, 3.05) is 0 Å². The van der Waals surface area contributed by atoms with E-state index in [0.29, 0.717) is 0 Å². The first-order valence-electron chi connectivity index (χ1n) is 9.56. The highest BCUT2D eigenvalue weighted by Gasteiger charge is 2.47. The summed E-state index contributed by atoms with van der Waals surface area (Å²) in [5.41, 5.74) is 5.18. The molecule has 27 heavy (non-hydrogen) atoms. The largest absolute Gasteiger partial charge is 0.481 e. The fourth-order valence-electron chi connectivity index (χ4n) is 3.45. The Balaban J connectivity index is 1.79. The highest BCUT2D eigenvalue weighted by molar-refractivity contribution is 5.70. The van der Waals surface area contributed by atoms with Gasteiger partial charge in [-0.2, -0.15) is 0 Å². The first-order chi connectivity index (χ1) is 12.9. The van der Waals surface area contributed by atoms with E-state index in [1.165, 1.54) is 11.1 Å². The van der Waals surface area contributed by atoms with E-state index in [1.54, 1.807) is 0 Å². The maximum Gasteiger partial charge on any atom is 0.307 e. The maximum atomic E-state index is 10.7. The molecule has 0 heterocycles. The third kappa shape index (κ3) is 4.78. The third-order valence-corrected chi connectivity index (χ3v) is 4.80. The van der Waals surface area contributed by atoms with Crippen molar-refractivity contribution in [2.45, 2.75) is 58.2 Å². The average molecular weight is 362 g/mol. The third-order valence-electron chi connectivity index (χ3n) is 4.80. The standard InChI is InChI=1S/C24H26O3/c1-4-21-15-19(11-12-22(21)24(13-14-24)27-17(2)3)8-5-18-6-9-20(10-7-18)16-23(25)26/h6-7,9-12,15,17H,4,13-14,16H2,1-3H3,(H,25,26). The van der Waals surface area contributed by atoms with E-state index in [-0.39, 0.29) is 18.1 Å². The van der Waals surface area contributed by atoms with Gasteiger partial charge in [0.25, 0.3) is 0 Å². The number of carboxylic acids is 1. The molecule has 1 N–H and O–H groups in total. The minimum atomic E-state index is -0.823. The SMILES string of the molecule is CCc1cc(C#Cc2ccc(CC(=O)O)cc2)ccc1C1(OC(C)C)CC1. The Morgan fingerprint density at radius 1 is 1.11 bits per heavy atom. The predicted molar refractivity (Wildman–Crippen MR) is 107 cm³/mol. The van der Waals surface area contributed by atoms with Crippen LogP contribution in [0.15, 0.2) is 42.5 Å². The van der Waals surface area contributed by atoms with E-state index in [4.69, 9.17) is 9.84 Å². The van der Waals surface area contributed by atoms with Crippen molar-refractivity contribution in [1.82, 2.24) is 0 Å². The summed E-state index contributed by atoms with van der Waals surface area (Å²) in [7, 11) is 0. The smallest absolute Gasteiger partial charge is 0.307 e.